The van der Waals surface area contributed by atoms with Crippen LogP contribution in [0.25, 0.3) is 0 Å². The molecular weight excluding hydrogens is 268 g/mol. The number of carbonyl (C=O) groups is 1. The lowest BCUT2D eigenvalue weighted by atomic mass is 9.98. The van der Waals surface area contributed by atoms with Crippen LogP contribution in [0.3, 0.4) is 0 Å². The zero-order chi connectivity index (χ0) is 13.0. The molecule has 2 rings (SSSR count). The average Bonchev–Trinajstić information content (AvgIpc) is 2.38. The van der Waals surface area contributed by atoms with Crippen molar-refractivity contribution < 1.29 is 4.79 Å². The van der Waals surface area contributed by atoms with E-state index >= 15 is 0 Å². The van der Waals surface area contributed by atoms with Crippen LogP contribution >= 0.6 is 23.4 Å². The van der Waals surface area contributed by atoms with E-state index in [0.717, 1.165) is 30.2 Å². The van der Waals surface area contributed by atoms with E-state index in [2.05, 4.69) is 4.90 Å². The summed E-state index contributed by atoms with van der Waals surface area (Å²) in [6.07, 6.45) is 0. The van der Waals surface area contributed by atoms with Crippen LogP contribution in [0.1, 0.15) is 11.5 Å². The van der Waals surface area contributed by atoms with Gasteiger partial charge in [-0.05, 0) is 17.7 Å². The van der Waals surface area contributed by atoms with Gasteiger partial charge >= 0.3 is 0 Å². The number of hydrogen-bond donors (Lipinski definition) is 1. The molecule has 1 amide bonds. The second-order valence-electron chi connectivity index (χ2n) is 4.42. The summed E-state index contributed by atoms with van der Waals surface area (Å²) in [4.78, 5) is 13.9. The molecule has 98 valence electrons. The molecule has 18 heavy (non-hydrogen) atoms. The Bertz CT molecular complexity index is 404. The fraction of sp³-hybridized carbons (Fsp3) is 0.462. The van der Waals surface area contributed by atoms with Gasteiger partial charge in [-0.25, -0.2) is 0 Å². The van der Waals surface area contributed by atoms with Crippen LogP contribution < -0.4 is 5.73 Å². The van der Waals surface area contributed by atoms with Gasteiger partial charge in [0, 0.05) is 36.2 Å². The van der Waals surface area contributed by atoms with Crippen LogP contribution in [0.15, 0.2) is 24.3 Å². The maximum atomic E-state index is 11.6. The monoisotopic (exact) mass is 284 g/mol. The molecule has 0 unspecified atom stereocenters. The Hall–Kier alpha value is -0.710. The topological polar surface area (TPSA) is 46.3 Å². The van der Waals surface area contributed by atoms with E-state index < -0.39 is 0 Å². The molecule has 1 fully saturated rings. The third-order valence-electron chi connectivity index (χ3n) is 3.16. The summed E-state index contributed by atoms with van der Waals surface area (Å²) >= 11 is 7.82. The highest BCUT2D eigenvalue weighted by Crippen LogP contribution is 2.21. The molecule has 2 N–H and O–H groups in total. The summed E-state index contributed by atoms with van der Waals surface area (Å²) in [5.41, 5.74) is 6.47. The van der Waals surface area contributed by atoms with Crippen molar-refractivity contribution in [2.24, 2.45) is 5.73 Å². The Balaban J connectivity index is 2.07. The summed E-state index contributed by atoms with van der Waals surface area (Å²) in [5, 5.41) is 0.677. The van der Waals surface area contributed by atoms with Gasteiger partial charge in [0.05, 0.1) is 5.92 Å². The molecule has 0 saturated carbocycles. The van der Waals surface area contributed by atoms with Gasteiger partial charge in [-0.2, -0.15) is 11.8 Å². The summed E-state index contributed by atoms with van der Waals surface area (Å²) in [6.45, 7) is 2.77. The predicted molar refractivity (Wildman–Crippen MR) is 77.2 cm³/mol. The van der Waals surface area contributed by atoms with Crippen LogP contribution in [0, 0.1) is 0 Å². The molecule has 1 heterocycles. The molecule has 0 radical (unpaired) electrons. The van der Waals surface area contributed by atoms with Crippen molar-refractivity contribution in [3.8, 4) is 0 Å². The van der Waals surface area contributed by atoms with E-state index in [9.17, 15) is 4.79 Å². The number of rotatable bonds is 4. The first-order valence-electron chi connectivity index (χ1n) is 6.01. The second kappa shape index (κ2) is 6.45. The van der Waals surface area contributed by atoms with Crippen LogP contribution in [0.2, 0.25) is 5.02 Å². The highest BCUT2D eigenvalue weighted by atomic mass is 35.5. The molecule has 1 saturated heterocycles. The lowest BCUT2D eigenvalue weighted by Crippen LogP contribution is -2.39. The summed E-state index contributed by atoms with van der Waals surface area (Å²) in [7, 11) is 0. The van der Waals surface area contributed by atoms with E-state index in [1.165, 1.54) is 0 Å². The minimum absolute atomic E-state index is 0.245. The smallest absolute Gasteiger partial charge is 0.226 e. The SMILES string of the molecule is NC(=O)[C@@H](CN1CCSCC1)c1ccc(Cl)cc1. The van der Waals surface area contributed by atoms with Gasteiger partial charge in [-0.15, -0.1) is 0 Å². The van der Waals surface area contributed by atoms with Crippen molar-refractivity contribution in [1.82, 2.24) is 4.90 Å². The van der Waals surface area contributed by atoms with Crippen LogP contribution in [0.5, 0.6) is 0 Å². The number of thioether (sulfide) groups is 1. The molecule has 0 spiro atoms. The number of carbonyl (C=O) groups excluding carboxylic acids is 1. The van der Waals surface area contributed by atoms with Crippen molar-refractivity contribution in [3.63, 3.8) is 0 Å². The molecule has 1 aliphatic rings. The van der Waals surface area contributed by atoms with Gasteiger partial charge in [0.25, 0.3) is 0 Å². The van der Waals surface area contributed by atoms with E-state index in [0.29, 0.717) is 11.6 Å². The van der Waals surface area contributed by atoms with Gasteiger partial charge in [-0.3, -0.25) is 4.79 Å². The Morgan fingerprint density at radius 2 is 1.94 bits per heavy atom. The van der Waals surface area contributed by atoms with Gasteiger partial charge in [0.2, 0.25) is 5.91 Å². The Morgan fingerprint density at radius 3 is 2.50 bits per heavy atom. The fourth-order valence-corrected chi connectivity index (χ4v) is 3.20. The number of primary amides is 1. The summed E-state index contributed by atoms with van der Waals surface area (Å²) in [6, 6.07) is 7.38. The van der Waals surface area contributed by atoms with Crippen LogP contribution in [-0.4, -0.2) is 41.9 Å². The second-order valence-corrected chi connectivity index (χ2v) is 6.08. The molecule has 1 aromatic rings. The first-order chi connectivity index (χ1) is 8.66. The molecule has 5 heteroatoms. The number of benzene rings is 1. The van der Waals surface area contributed by atoms with E-state index in [1.54, 1.807) is 12.1 Å². The fourth-order valence-electron chi connectivity index (χ4n) is 2.10. The third kappa shape index (κ3) is 3.64. The number of hydrogen-bond acceptors (Lipinski definition) is 3. The first-order valence-corrected chi connectivity index (χ1v) is 7.55. The minimum atomic E-state index is -0.268. The van der Waals surface area contributed by atoms with E-state index in [-0.39, 0.29) is 11.8 Å². The maximum Gasteiger partial charge on any atom is 0.226 e. The van der Waals surface area contributed by atoms with Crippen LogP contribution in [-0.2, 0) is 4.79 Å². The largest absolute Gasteiger partial charge is 0.369 e. The quantitative estimate of drug-likeness (QED) is 0.919. The van der Waals surface area contributed by atoms with Gasteiger partial charge in [0.15, 0.2) is 0 Å². The Kier molecular flexibility index (Phi) is 4.92. The molecule has 3 nitrogen and oxygen atoms in total. The van der Waals surface area contributed by atoms with Crippen molar-refractivity contribution in [2.75, 3.05) is 31.1 Å². The minimum Gasteiger partial charge on any atom is -0.369 e. The standard InChI is InChI=1S/C13H17ClN2OS/c14-11-3-1-10(2-4-11)12(13(15)17)9-16-5-7-18-8-6-16/h1-4,12H,5-9H2,(H2,15,17)/t12-/m0/s1. The predicted octanol–water partition coefficient (Wildman–Crippen LogP) is 1.96. The van der Waals surface area contributed by atoms with E-state index in [4.69, 9.17) is 17.3 Å². The average molecular weight is 285 g/mol. The molecule has 0 aliphatic carbocycles. The lowest BCUT2D eigenvalue weighted by molar-refractivity contribution is -0.119. The number of nitrogens with two attached hydrogens (primary N) is 1. The zero-order valence-electron chi connectivity index (χ0n) is 10.1. The molecular formula is C13H17ClN2OS. The Morgan fingerprint density at radius 1 is 1.33 bits per heavy atom. The van der Waals surface area contributed by atoms with Gasteiger partial charge in [-0.1, -0.05) is 23.7 Å². The lowest BCUT2D eigenvalue weighted by Gasteiger charge is -2.29. The van der Waals surface area contributed by atoms with Crippen molar-refractivity contribution in [1.29, 1.82) is 0 Å². The molecule has 0 bridgehead atoms. The number of nitrogens with zero attached hydrogens (tertiary/aromatic N) is 1. The third-order valence-corrected chi connectivity index (χ3v) is 4.35. The molecule has 1 atom stereocenters. The van der Waals surface area contributed by atoms with Gasteiger partial charge in [0.1, 0.15) is 0 Å². The normalized spacial score (nSPS) is 18.5. The summed E-state index contributed by atoms with van der Waals surface area (Å²) in [5.74, 6) is 1.75. The number of amides is 1. The highest BCUT2D eigenvalue weighted by Gasteiger charge is 2.22. The zero-order valence-corrected chi connectivity index (χ0v) is 11.7. The maximum absolute atomic E-state index is 11.6. The summed E-state index contributed by atoms with van der Waals surface area (Å²) < 4.78 is 0. The Labute approximate surface area is 117 Å². The van der Waals surface area contributed by atoms with Crippen molar-refractivity contribution in [3.05, 3.63) is 34.9 Å². The number of halogens is 1. The molecule has 1 aromatic carbocycles. The molecule has 1 aliphatic heterocycles. The highest BCUT2D eigenvalue weighted by molar-refractivity contribution is 7.99. The van der Waals surface area contributed by atoms with Gasteiger partial charge < -0.3 is 10.6 Å². The van der Waals surface area contributed by atoms with E-state index in [1.807, 2.05) is 23.9 Å². The van der Waals surface area contributed by atoms with Crippen molar-refractivity contribution in [2.45, 2.75) is 5.92 Å². The first kappa shape index (κ1) is 13.7. The molecule has 0 aromatic heterocycles. The van der Waals surface area contributed by atoms with Crippen molar-refractivity contribution >= 4 is 29.3 Å². The van der Waals surface area contributed by atoms with Crippen LogP contribution in [0.4, 0.5) is 0 Å².